The van der Waals surface area contributed by atoms with E-state index in [9.17, 15) is 4.39 Å². The fourth-order valence-electron chi connectivity index (χ4n) is 1.72. The molecular weight excluding hydrogens is 243 g/mol. The largest absolute Gasteiger partial charge is 0.319 e. The molecule has 1 unspecified atom stereocenters. The standard InChI is InChI=1S/C11H12ClFN4/c1-2-17-11(8(12)5-16-17)10(14)7-3-4-15-6-9(7)13/h3-6,10H,2,14H2,1H3. The van der Waals surface area contributed by atoms with E-state index >= 15 is 0 Å². The zero-order valence-electron chi connectivity index (χ0n) is 9.27. The van der Waals surface area contributed by atoms with Crippen molar-refractivity contribution < 1.29 is 4.39 Å². The van der Waals surface area contributed by atoms with E-state index in [0.717, 1.165) is 6.20 Å². The summed E-state index contributed by atoms with van der Waals surface area (Å²) in [7, 11) is 0. The number of pyridine rings is 1. The van der Waals surface area contributed by atoms with Gasteiger partial charge in [-0.1, -0.05) is 11.6 Å². The van der Waals surface area contributed by atoms with Crippen LogP contribution in [0.3, 0.4) is 0 Å². The Balaban J connectivity index is 2.47. The van der Waals surface area contributed by atoms with Crippen LogP contribution in [0.25, 0.3) is 0 Å². The van der Waals surface area contributed by atoms with Gasteiger partial charge in [0.25, 0.3) is 0 Å². The second kappa shape index (κ2) is 4.81. The number of hydrogen-bond acceptors (Lipinski definition) is 3. The SMILES string of the molecule is CCn1ncc(Cl)c1C(N)c1ccncc1F. The molecule has 2 aromatic rings. The molecule has 1 atom stereocenters. The monoisotopic (exact) mass is 254 g/mol. The molecule has 6 heteroatoms. The Labute approximate surface area is 103 Å². The van der Waals surface area contributed by atoms with Crippen molar-refractivity contribution in [2.24, 2.45) is 5.73 Å². The third-order valence-electron chi connectivity index (χ3n) is 2.57. The quantitative estimate of drug-likeness (QED) is 0.913. The van der Waals surface area contributed by atoms with Crippen LogP contribution in [-0.4, -0.2) is 14.8 Å². The van der Waals surface area contributed by atoms with Crippen molar-refractivity contribution in [2.75, 3.05) is 0 Å². The number of nitrogens with two attached hydrogens (primary N) is 1. The van der Waals surface area contributed by atoms with Crippen molar-refractivity contribution in [3.05, 3.63) is 46.8 Å². The van der Waals surface area contributed by atoms with Crippen LogP contribution in [0.5, 0.6) is 0 Å². The zero-order chi connectivity index (χ0) is 12.4. The molecule has 0 aliphatic heterocycles. The lowest BCUT2D eigenvalue weighted by molar-refractivity contribution is 0.564. The average Bonchev–Trinajstić information content (AvgIpc) is 2.70. The number of aromatic nitrogens is 3. The first-order chi connectivity index (χ1) is 8.15. The molecule has 17 heavy (non-hydrogen) atoms. The fourth-order valence-corrected chi connectivity index (χ4v) is 1.98. The molecular formula is C11H12ClFN4. The van der Waals surface area contributed by atoms with Gasteiger partial charge in [-0.15, -0.1) is 0 Å². The highest BCUT2D eigenvalue weighted by Gasteiger charge is 2.20. The molecule has 0 aromatic carbocycles. The Kier molecular flexibility index (Phi) is 3.40. The van der Waals surface area contributed by atoms with E-state index in [2.05, 4.69) is 10.1 Å². The maximum absolute atomic E-state index is 13.6. The summed E-state index contributed by atoms with van der Waals surface area (Å²) in [5.41, 5.74) is 6.99. The number of rotatable bonds is 3. The fraction of sp³-hybridized carbons (Fsp3) is 0.273. The first kappa shape index (κ1) is 12.0. The van der Waals surface area contributed by atoms with Crippen LogP contribution in [0.2, 0.25) is 5.02 Å². The van der Waals surface area contributed by atoms with Crippen LogP contribution in [-0.2, 0) is 6.54 Å². The van der Waals surface area contributed by atoms with Crippen molar-refractivity contribution in [2.45, 2.75) is 19.5 Å². The second-order valence-electron chi connectivity index (χ2n) is 3.57. The van der Waals surface area contributed by atoms with E-state index in [-0.39, 0.29) is 0 Å². The summed E-state index contributed by atoms with van der Waals surface area (Å²) < 4.78 is 15.2. The summed E-state index contributed by atoms with van der Waals surface area (Å²) >= 11 is 6.02. The molecule has 0 saturated carbocycles. The van der Waals surface area contributed by atoms with E-state index in [1.165, 1.54) is 12.4 Å². The van der Waals surface area contributed by atoms with Gasteiger partial charge in [-0.25, -0.2) is 4.39 Å². The number of hydrogen-bond donors (Lipinski definition) is 1. The van der Waals surface area contributed by atoms with Gasteiger partial charge < -0.3 is 5.73 Å². The summed E-state index contributed by atoms with van der Waals surface area (Å²) in [5.74, 6) is -0.445. The van der Waals surface area contributed by atoms with Crippen molar-refractivity contribution in [1.29, 1.82) is 0 Å². The van der Waals surface area contributed by atoms with E-state index < -0.39 is 11.9 Å². The molecule has 0 saturated heterocycles. The Morgan fingerprint density at radius 2 is 2.29 bits per heavy atom. The molecule has 0 spiro atoms. The normalized spacial score (nSPS) is 12.7. The molecule has 0 bridgehead atoms. The first-order valence-corrected chi connectivity index (χ1v) is 5.59. The first-order valence-electron chi connectivity index (χ1n) is 5.21. The molecule has 0 fully saturated rings. The van der Waals surface area contributed by atoms with Gasteiger partial charge in [0.1, 0.15) is 5.82 Å². The van der Waals surface area contributed by atoms with Crippen LogP contribution >= 0.6 is 11.6 Å². The molecule has 2 aromatic heterocycles. The van der Waals surface area contributed by atoms with Gasteiger partial charge >= 0.3 is 0 Å². The molecule has 2 N–H and O–H groups in total. The van der Waals surface area contributed by atoms with Crippen molar-refractivity contribution in [3.63, 3.8) is 0 Å². The zero-order valence-corrected chi connectivity index (χ0v) is 10.0. The van der Waals surface area contributed by atoms with Crippen LogP contribution in [0.1, 0.15) is 24.2 Å². The third-order valence-corrected chi connectivity index (χ3v) is 2.86. The maximum Gasteiger partial charge on any atom is 0.146 e. The molecule has 0 amide bonds. The lowest BCUT2D eigenvalue weighted by Crippen LogP contribution is -2.19. The number of aryl methyl sites for hydroxylation is 1. The summed E-state index contributed by atoms with van der Waals surface area (Å²) in [6, 6.07) is 0.900. The average molecular weight is 255 g/mol. The van der Waals surface area contributed by atoms with E-state index in [0.29, 0.717) is 22.8 Å². The minimum atomic E-state index is -0.645. The van der Waals surface area contributed by atoms with Crippen LogP contribution in [0.15, 0.2) is 24.7 Å². The van der Waals surface area contributed by atoms with E-state index in [1.807, 2.05) is 6.92 Å². The van der Waals surface area contributed by atoms with Gasteiger partial charge in [0.05, 0.1) is 29.2 Å². The van der Waals surface area contributed by atoms with E-state index in [4.69, 9.17) is 17.3 Å². The lowest BCUT2D eigenvalue weighted by atomic mass is 10.1. The van der Waals surface area contributed by atoms with Gasteiger partial charge in [0.2, 0.25) is 0 Å². The Bertz CT molecular complexity index is 526. The molecule has 0 radical (unpaired) electrons. The van der Waals surface area contributed by atoms with Gasteiger partial charge in [-0.05, 0) is 13.0 Å². The summed E-state index contributed by atoms with van der Waals surface area (Å²) in [6.07, 6.45) is 4.15. The van der Waals surface area contributed by atoms with Crippen LogP contribution < -0.4 is 5.73 Å². The topological polar surface area (TPSA) is 56.7 Å². The molecule has 0 aliphatic rings. The lowest BCUT2D eigenvalue weighted by Gasteiger charge is -2.14. The maximum atomic E-state index is 13.6. The minimum absolute atomic E-state index is 0.358. The van der Waals surface area contributed by atoms with E-state index in [1.54, 1.807) is 10.7 Å². The summed E-state index contributed by atoms with van der Waals surface area (Å²) in [4.78, 5) is 3.69. The highest BCUT2D eigenvalue weighted by atomic mass is 35.5. The van der Waals surface area contributed by atoms with Crippen molar-refractivity contribution >= 4 is 11.6 Å². The predicted molar refractivity (Wildman–Crippen MR) is 63.1 cm³/mol. The Morgan fingerprint density at radius 1 is 1.53 bits per heavy atom. The smallest absolute Gasteiger partial charge is 0.146 e. The predicted octanol–water partition coefficient (Wildman–Crippen LogP) is 2.14. The Hall–Kier alpha value is -1.46. The summed E-state index contributed by atoms with van der Waals surface area (Å²) in [5, 5.41) is 4.52. The third kappa shape index (κ3) is 2.16. The van der Waals surface area contributed by atoms with Crippen molar-refractivity contribution in [3.8, 4) is 0 Å². The Morgan fingerprint density at radius 3 is 2.94 bits per heavy atom. The molecule has 2 rings (SSSR count). The number of nitrogens with zero attached hydrogens (tertiary/aromatic N) is 3. The van der Waals surface area contributed by atoms with Crippen LogP contribution in [0.4, 0.5) is 4.39 Å². The molecule has 90 valence electrons. The minimum Gasteiger partial charge on any atom is -0.319 e. The van der Waals surface area contributed by atoms with Gasteiger partial charge in [0, 0.05) is 18.3 Å². The van der Waals surface area contributed by atoms with Crippen molar-refractivity contribution in [1.82, 2.24) is 14.8 Å². The second-order valence-corrected chi connectivity index (χ2v) is 3.98. The van der Waals surface area contributed by atoms with Gasteiger partial charge in [-0.2, -0.15) is 5.10 Å². The summed E-state index contributed by atoms with van der Waals surface area (Å²) in [6.45, 7) is 2.55. The molecule has 4 nitrogen and oxygen atoms in total. The highest BCUT2D eigenvalue weighted by molar-refractivity contribution is 6.31. The molecule has 0 aliphatic carbocycles. The van der Waals surface area contributed by atoms with Gasteiger partial charge in [0.15, 0.2) is 0 Å². The molecule has 2 heterocycles. The highest BCUT2D eigenvalue weighted by Crippen LogP contribution is 2.27. The van der Waals surface area contributed by atoms with Gasteiger partial charge in [-0.3, -0.25) is 9.67 Å². The number of halogens is 2. The van der Waals surface area contributed by atoms with Crippen LogP contribution in [0, 0.1) is 5.82 Å².